The number of imide groups is 1. The average molecular weight is 366 g/mol. The average Bonchev–Trinajstić information content (AvgIpc) is 3.15. The van der Waals surface area contributed by atoms with Gasteiger partial charge in [-0.3, -0.25) is 19.3 Å². The van der Waals surface area contributed by atoms with E-state index < -0.39 is 0 Å². The smallest absolute Gasteiger partial charge is 0.254 e. The number of fused-ring (bicyclic) bond motifs is 1. The van der Waals surface area contributed by atoms with E-state index in [1.54, 1.807) is 18.2 Å². The number of rotatable bonds is 4. The van der Waals surface area contributed by atoms with Gasteiger partial charge in [-0.05, 0) is 30.2 Å². The van der Waals surface area contributed by atoms with E-state index in [2.05, 4.69) is 0 Å². The molecule has 0 atom stereocenters. The molecule has 2 aliphatic heterocycles. The molecule has 0 unspecified atom stereocenters. The summed E-state index contributed by atoms with van der Waals surface area (Å²) in [4.78, 5) is 40.0. The standard InChI is InChI=1S/C20H18N2O5/c23-18-11-21(20(25)15-6-7-16-17(10-15)27-13-26-16)12-19(24)22(18)9-8-14-4-2-1-3-5-14/h1-7,10H,8-9,11-13H2. The summed E-state index contributed by atoms with van der Waals surface area (Å²) in [6.45, 7) is 0.194. The van der Waals surface area contributed by atoms with Gasteiger partial charge >= 0.3 is 0 Å². The molecular weight excluding hydrogens is 348 g/mol. The van der Waals surface area contributed by atoms with Crippen molar-refractivity contribution in [3.8, 4) is 11.5 Å². The second-order valence-electron chi connectivity index (χ2n) is 6.40. The molecule has 0 saturated carbocycles. The minimum absolute atomic E-state index is 0.115. The Morgan fingerprint density at radius 2 is 1.63 bits per heavy atom. The second-order valence-corrected chi connectivity index (χ2v) is 6.40. The zero-order valence-electron chi connectivity index (χ0n) is 14.6. The molecule has 1 fully saturated rings. The first-order chi connectivity index (χ1) is 13.1. The molecule has 0 aliphatic carbocycles. The van der Waals surface area contributed by atoms with Gasteiger partial charge in [0.1, 0.15) is 13.1 Å². The number of hydrogen-bond donors (Lipinski definition) is 0. The van der Waals surface area contributed by atoms with Gasteiger partial charge in [-0.15, -0.1) is 0 Å². The molecule has 3 amide bonds. The summed E-state index contributed by atoms with van der Waals surface area (Å²) in [6.07, 6.45) is 0.592. The van der Waals surface area contributed by atoms with Crippen LogP contribution < -0.4 is 9.47 Å². The highest BCUT2D eigenvalue weighted by molar-refractivity contribution is 6.06. The quantitative estimate of drug-likeness (QED) is 0.766. The van der Waals surface area contributed by atoms with Crippen LogP contribution in [0.3, 0.4) is 0 Å². The van der Waals surface area contributed by atoms with Crippen LogP contribution >= 0.6 is 0 Å². The molecule has 4 rings (SSSR count). The Labute approximate surface area is 156 Å². The highest BCUT2D eigenvalue weighted by Crippen LogP contribution is 2.32. The predicted octanol–water partition coefficient (Wildman–Crippen LogP) is 1.47. The van der Waals surface area contributed by atoms with Crippen molar-refractivity contribution in [3.63, 3.8) is 0 Å². The summed E-state index contributed by atoms with van der Waals surface area (Å²) in [5.41, 5.74) is 1.41. The Kier molecular flexibility index (Phi) is 4.50. The van der Waals surface area contributed by atoms with Gasteiger partial charge in [-0.1, -0.05) is 30.3 Å². The SMILES string of the molecule is O=C(c1ccc2c(c1)OCO2)N1CC(=O)N(CCc2ccccc2)C(=O)C1. The Morgan fingerprint density at radius 3 is 2.37 bits per heavy atom. The van der Waals surface area contributed by atoms with Crippen molar-refractivity contribution in [3.05, 3.63) is 59.7 Å². The monoisotopic (exact) mass is 366 g/mol. The lowest BCUT2D eigenvalue weighted by Gasteiger charge is -2.32. The van der Waals surface area contributed by atoms with E-state index >= 15 is 0 Å². The van der Waals surface area contributed by atoms with Gasteiger partial charge in [0.05, 0.1) is 0 Å². The van der Waals surface area contributed by atoms with E-state index in [0.717, 1.165) is 5.56 Å². The van der Waals surface area contributed by atoms with Crippen LogP contribution in [-0.4, -0.2) is 53.9 Å². The second kappa shape index (κ2) is 7.11. The maximum absolute atomic E-state index is 12.7. The molecular formula is C20H18N2O5. The normalized spacial score (nSPS) is 16.0. The molecule has 0 aromatic heterocycles. The van der Waals surface area contributed by atoms with E-state index in [9.17, 15) is 14.4 Å². The lowest BCUT2D eigenvalue weighted by Crippen LogP contribution is -2.55. The van der Waals surface area contributed by atoms with Crippen molar-refractivity contribution in [2.75, 3.05) is 26.4 Å². The van der Waals surface area contributed by atoms with Gasteiger partial charge in [0.15, 0.2) is 11.5 Å². The van der Waals surface area contributed by atoms with Crippen molar-refractivity contribution in [2.24, 2.45) is 0 Å². The van der Waals surface area contributed by atoms with E-state index in [1.165, 1.54) is 9.80 Å². The van der Waals surface area contributed by atoms with Crippen molar-refractivity contribution in [1.82, 2.24) is 9.80 Å². The Balaban J connectivity index is 1.41. The van der Waals surface area contributed by atoms with E-state index in [-0.39, 0.29) is 37.6 Å². The topological polar surface area (TPSA) is 76.2 Å². The fraction of sp³-hybridized carbons (Fsp3) is 0.250. The summed E-state index contributed by atoms with van der Waals surface area (Å²) in [7, 11) is 0. The van der Waals surface area contributed by atoms with Crippen molar-refractivity contribution in [2.45, 2.75) is 6.42 Å². The number of hydrogen-bond acceptors (Lipinski definition) is 5. The first-order valence-corrected chi connectivity index (χ1v) is 8.68. The zero-order chi connectivity index (χ0) is 18.8. The van der Waals surface area contributed by atoms with E-state index in [1.807, 2.05) is 30.3 Å². The molecule has 0 bridgehead atoms. The number of nitrogens with zero attached hydrogens (tertiary/aromatic N) is 2. The fourth-order valence-corrected chi connectivity index (χ4v) is 3.18. The lowest BCUT2D eigenvalue weighted by molar-refractivity contribution is -0.150. The van der Waals surface area contributed by atoms with E-state index in [4.69, 9.17) is 9.47 Å². The Bertz CT molecular complexity index is 879. The third-order valence-electron chi connectivity index (χ3n) is 4.63. The number of carbonyl (C=O) groups excluding carboxylic acids is 3. The van der Waals surface area contributed by atoms with Gasteiger partial charge in [0.2, 0.25) is 18.6 Å². The highest BCUT2D eigenvalue weighted by Gasteiger charge is 2.34. The van der Waals surface area contributed by atoms with E-state index in [0.29, 0.717) is 30.0 Å². The summed E-state index contributed by atoms with van der Waals surface area (Å²) in [5, 5.41) is 0. The zero-order valence-corrected chi connectivity index (χ0v) is 14.6. The maximum Gasteiger partial charge on any atom is 0.254 e. The van der Waals surface area contributed by atoms with Crippen LogP contribution in [0.5, 0.6) is 11.5 Å². The van der Waals surface area contributed by atoms with Crippen LogP contribution in [0, 0.1) is 0 Å². The van der Waals surface area contributed by atoms with Gasteiger partial charge in [0.25, 0.3) is 5.91 Å². The lowest BCUT2D eigenvalue weighted by atomic mass is 10.1. The minimum Gasteiger partial charge on any atom is -0.454 e. The molecule has 7 nitrogen and oxygen atoms in total. The highest BCUT2D eigenvalue weighted by atomic mass is 16.7. The number of ether oxygens (including phenoxy) is 2. The van der Waals surface area contributed by atoms with Crippen molar-refractivity contribution in [1.29, 1.82) is 0 Å². The molecule has 2 aromatic carbocycles. The molecule has 1 saturated heterocycles. The van der Waals surface area contributed by atoms with Gasteiger partial charge in [-0.2, -0.15) is 0 Å². The Hall–Kier alpha value is -3.35. The molecule has 2 aromatic rings. The van der Waals surface area contributed by atoms with Crippen molar-refractivity contribution >= 4 is 17.7 Å². The first-order valence-electron chi connectivity index (χ1n) is 8.68. The summed E-state index contributed by atoms with van der Waals surface area (Å²) in [5.74, 6) is -0.0466. The van der Waals surface area contributed by atoms with Gasteiger partial charge < -0.3 is 14.4 Å². The summed E-state index contributed by atoms with van der Waals surface area (Å²) < 4.78 is 10.5. The van der Waals surface area contributed by atoms with Crippen LogP contribution in [0.25, 0.3) is 0 Å². The molecule has 2 heterocycles. The largest absolute Gasteiger partial charge is 0.454 e. The molecule has 7 heteroatoms. The maximum atomic E-state index is 12.7. The predicted molar refractivity (Wildman–Crippen MR) is 95.3 cm³/mol. The summed E-state index contributed by atoms with van der Waals surface area (Å²) in [6, 6.07) is 14.5. The van der Waals surface area contributed by atoms with Crippen LogP contribution in [0.15, 0.2) is 48.5 Å². The van der Waals surface area contributed by atoms with Gasteiger partial charge in [-0.25, -0.2) is 0 Å². The van der Waals surface area contributed by atoms with Crippen LogP contribution in [0.4, 0.5) is 0 Å². The molecule has 138 valence electrons. The minimum atomic E-state index is -0.377. The van der Waals surface area contributed by atoms with Crippen molar-refractivity contribution < 1.29 is 23.9 Å². The summed E-state index contributed by atoms with van der Waals surface area (Å²) >= 11 is 0. The van der Waals surface area contributed by atoms with Gasteiger partial charge in [0, 0.05) is 12.1 Å². The van der Waals surface area contributed by atoms with Crippen LogP contribution in [0.1, 0.15) is 15.9 Å². The number of carbonyl (C=O) groups is 3. The molecule has 2 aliphatic rings. The third kappa shape index (κ3) is 3.48. The number of amides is 3. The fourth-order valence-electron chi connectivity index (χ4n) is 3.18. The first kappa shape index (κ1) is 17.1. The number of piperazine rings is 1. The van der Waals surface area contributed by atoms with Crippen LogP contribution in [0.2, 0.25) is 0 Å². The third-order valence-corrected chi connectivity index (χ3v) is 4.63. The number of benzene rings is 2. The Morgan fingerprint density at radius 1 is 0.926 bits per heavy atom. The van der Waals surface area contributed by atoms with Crippen LogP contribution in [-0.2, 0) is 16.0 Å². The molecule has 0 N–H and O–H groups in total. The molecule has 0 spiro atoms. The molecule has 27 heavy (non-hydrogen) atoms. The molecule has 0 radical (unpaired) electrons.